The van der Waals surface area contributed by atoms with E-state index in [0.29, 0.717) is 0 Å². The number of hydrogen-bond acceptors (Lipinski definition) is 2. The Kier molecular flexibility index (Phi) is 3.06. The van der Waals surface area contributed by atoms with Gasteiger partial charge in [0, 0.05) is 35.4 Å². The molecule has 0 spiro atoms. The number of para-hydroxylation sites is 1. The highest BCUT2D eigenvalue weighted by Crippen LogP contribution is 2.18. The minimum absolute atomic E-state index is 0.200. The van der Waals surface area contributed by atoms with Crippen LogP contribution in [0.15, 0.2) is 47.5 Å². The van der Waals surface area contributed by atoms with Gasteiger partial charge in [-0.1, -0.05) is 18.2 Å². The fourth-order valence-electron chi connectivity index (χ4n) is 2.48. The van der Waals surface area contributed by atoms with Crippen LogP contribution in [0, 0.1) is 6.92 Å². The molecular formula is C16H16N2O2. The molecule has 0 saturated carbocycles. The van der Waals surface area contributed by atoms with Gasteiger partial charge in [0.05, 0.1) is 6.20 Å². The van der Waals surface area contributed by atoms with Crippen molar-refractivity contribution in [2.24, 2.45) is 0 Å². The van der Waals surface area contributed by atoms with Crippen LogP contribution in [0.25, 0.3) is 10.9 Å². The molecule has 2 N–H and O–H groups in total. The average Bonchev–Trinajstić information content (AvgIpc) is 2.85. The van der Waals surface area contributed by atoms with Crippen LogP contribution in [0.3, 0.4) is 0 Å². The Hall–Kier alpha value is -2.49. The van der Waals surface area contributed by atoms with E-state index in [-0.39, 0.29) is 11.2 Å². The first-order valence-corrected chi connectivity index (χ1v) is 6.60. The molecular weight excluding hydrogens is 252 g/mol. The number of nitrogens with one attached hydrogen (secondary N) is 1. The molecule has 4 heteroatoms. The number of rotatable bonds is 3. The lowest BCUT2D eigenvalue weighted by Gasteiger charge is -2.10. The van der Waals surface area contributed by atoms with Crippen LogP contribution in [0.4, 0.5) is 0 Å². The second-order valence-corrected chi connectivity index (χ2v) is 4.97. The molecule has 0 aliphatic rings. The highest BCUT2D eigenvalue weighted by atomic mass is 16.3. The van der Waals surface area contributed by atoms with Crippen molar-refractivity contribution in [1.29, 1.82) is 0 Å². The molecule has 0 bridgehead atoms. The van der Waals surface area contributed by atoms with Crippen LogP contribution >= 0.6 is 0 Å². The Balaban J connectivity index is 1.87. The molecule has 0 unspecified atom stereocenters. The summed E-state index contributed by atoms with van der Waals surface area (Å²) in [5, 5.41) is 10.7. The van der Waals surface area contributed by atoms with E-state index in [0.717, 1.165) is 24.2 Å². The van der Waals surface area contributed by atoms with Gasteiger partial charge in [0.15, 0.2) is 5.75 Å². The number of fused-ring (bicyclic) bond motifs is 1. The summed E-state index contributed by atoms with van der Waals surface area (Å²) in [7, 11) is 0. The van der Waals surface area contributed by atoms with Crippen LogP contribution in [0.2, 0.25) is 0 Å². The summed E-state index contributed by atoms with van der Waals surface area (Å²) in [6, 6.07) is 9.64. The molecule has 0 aliphatic heterocycles. The van der Waals surface area contributed by atoms with Gasteiger partial charge in [-0.2, -0.15) is 0 Å². The molecule has 102 valence electrons. The summed E-state index contributed by atoms with van der Waals surface area (Å²) >= 11 is 0. The zero-order valence-electron chi connectivity index (χ0n) is 11.3. The number of hydrogen-bond donors (Lipinski definition) is 2. The molecule has 4 nitrogen and oxygen atoms in total. The lowest BCUT2D eigenvalue weighted by Crippen LogP contribution is -2.11. The molecule has 20 heavy (non-hydrogen) atoms. The van der Waals surface area contributed by atoms with E-state index >= 15 is 0 Å². The van der Waals surface area contributed by atoms with Crippen molar-refractivity contribution >= 4 is 10.9 Å². The van der Waals surface area contributed by atoms with Crippen LogP contribution < -0.4 is 5.43 Å². The normalized spacial score (nSPS) is 11.1. The first-order chi connectivity index (χ1) is 9.65. The predicted molar refractivity (Wildman–Crippen MR) is 79.1 cm³/mol. The first-order valence-electron chi connectivity index (χ1n) is 6.60. The molecule has 2 aromatic heterocycles. The van der Waals surface area contributed by atoms with E-state index in [1.165, 1.54) is 23.2 Å². The Morgan fingerprint density at radius 2 is 2.10 bits per heavy atom. The number of aromatic amines is 1. The monoisotopic (exact) mass is 268 g/mol. The zero-order valence-corrected chi connectivity index (χ0v) is 11.3. The van der Waals surface area contributed by atoms with E-state index < -0.39 is 0 Å². The standard InChI is InChI=1S/C16H16N2O2/c1-11-8-15(19)16(20)10-18(11)7-6-12-9-17-14-5-3-2-4-13(12)14/h2-5,8-10,17,20H,6-7H2,1H3. The Morgan fingerprint density at radius 3 is 2.95 bits per heavy atom. The van der Waals surface area contributed by atoms with Gasteiger partial charge >= 0.3 is 0 Å². The quantitative estimate of drug-likeness (QED) is 0.767. The van der Waals surface area contributed by atoms with Crippen molar-refractivity contribution in [3.05, 3.63) is 64.2 Å². The van der Waals surface area contributed by atoms with Crippen molar-refractivity contribution in [2.45, 2.75) is 19.9 Å². The van der Waals surface area contributed by atoms with Crippen LogP contribution in [-0.4, -0.2) is 14.7 Å². The highest BCUT2D eigenvalue weighted by molar-refractivity contribution is 5.82. The second kappa shape index (κ2) is 4.89. The molecule has 0 saturated heterocycles. The summed E-state index contributed by atoms with van der Waals surface area (Å²) in [5.74, 6) is -0.200. The van der Waals surface area contributed by atoms with Gasteiger partial charge < -0.3 is 14.7 Å². The SMILES string of the molecule is Cc1cc(=O)c(O)cn1CCc1c[nH]c2ccccc12. The van der Waals surface area contributed by atoms with Gasteiger partial charge in [-0.25, -0.2) is 0 Å². The maximum Gasteiger partial charge on any atom is 0.223 e. The average molecular weight is 268 g/mol. The lowest BCUT2D eigenvalue weighted by atomic mass is 10.1. The van der Waals surface area contributed by atoms with Crippen LogP contribution in [-0.2, 0) is 13.0 Å². The van der Waals surface area contributed by atoms with Crippen molar-refractivity contribution < 1.29 is 5.11 Å². The largest absolute Gasteiger partial charge is 0.503 e. The van der Waals surface area contributed by atoms with Crippen molar-refractivity contribution in [3.8, 4) is 5.75 Å². The molecule has 3 rings (SSSR count). The molecule has 1 aromatic carbocycles. The number of nitrogens with zero attached hydrogens (tertiary/aromatic N) is 1. The minimum atomic E-state index is -0.328. The zero-order chi connectivity index (χ0) is 14.1. The number of pyridine rings is 1. The van der Waals surface area contributed by atoms with Gasteiger partial charge in [-0.05, 0) is 25.0 Å². The van der Waals surface area contributed by atoms with Crippen molar-refractivity contribution in [2.75, 3.05) is 0 Å². The lowest BCUT2D eigenvalue weighted by molar-refractivity contribution is 0.459. The number of H-pyrrole nitrogens is 1. The van der Waals surface area contributed by atoms with Gasteiger partial charge in [0.25, 0.3) is 0 Å². The summed E-state index contributed by atoms with van der Waals surface area (Å²) in [6.07, 6.45) is 4.36. The second-order valence-electron chi connectivity index (χ2n) is 4.97. The summed E-state index contributed by atoms with van der Waals surface area (Å²) in [5.41, 5.74) is 2.89. The van der Waals surface area contributed by atoms with E-state index in [4.69, 9.17) is 0 Å². The van der Waals surface area contributed by atoms with Gasteiger partial charge in [0.2, 0.25) is 5.43 Å². The number of benzene rings is 1. The van der Waals surface area contributed by atoms with Gasteiger partial charge in [0.1, 0.15) is 0 Å². The fourth-order valence-corrected chi connectivity index (χ4v) is 2.48. The Labute approximate surface area is 116 Å². The van der Waals surface area contributed by atoms with Crippen LogP contribution in [0.1, 0.15) is 11.3 Å². The third kappa shape index (κ3) is 2.20. The summed E-state index contributed by atoms with van der Waals surface area (Å²) < 4.78 is 1.90. The molecule has 3 aromatic rings. The van der Waals surface area contributed by atoms with Crippen molar-refractivity contribution in [1.82, 2.24) is 9.55 Å². The van der Waals surface area contributed by atoms with E-state index in [2.05, 4.69) is 17.1 Å². The molecule has 2 heterocycles. The highest BCUT2D eigenvalue weighted by Gasteiger charge is 2.05. The molecule has 0 amide bonds. The molecule has 0 radical (unpaired) electrons. The minimum Gasteiger partial charge on any atom is -0.503 e. The maximum atomic E-state index is 11.3. The third-order valence-electron chi connectivity index (χ3n) is 3.62. The predicted octanol–water partition coefficient (Wildman–Crippen LogP) is 2.59. The topological polar surface area (TPSA) is 58.0 Å². The molecule has 0 fully saturated rings. The molecule has 0 atom stereocenters. The van der Waals surface area contributed by atoms with Gasteiger partial charge in [-0.15, -0.1) is 0 Å². The van der Waals surface area contributed by atoms with E-state index in [1.807, 2.05) is 29.8 Å². The summed E-state index contributed by atoms with van der Waals surface area (Å²) in [6.45, 7) is 2.59. The fraction of sp³-hybridized carbons (Fsp3) is 0.188. The van der Waals surface area contributed by atoms with E-state index in [9.17, 15) is 9.90 Å². The number of aromatic hydroxyl groups is 1. The van der Waals surface area contributed by atoms with Gasteiger partial charge in [-0.3, -0.25) is 4.79 Å². The smallest absolute Gasteiger partial charge is 0.223 e. The van der Waals surface area contributed by atoms with E-state index in [1.54, 1.807) is 0 Å². The maximum absolute atomic E-state index is 11.3. The molecule has 0 aliphatic carbocycles. The number of aryl methyl sites for hydroxylation is 3. The van der Waals surface area contributed by atoms with Crippen molar-refractivity contribution in [3.63, 3.8) is 0 Å². The third-order valence-corrected chi connectivity index (χ3v) is 3.62. The Morgan fingerprint density at radius 1 is 1.30 bits per heavy atom. The Bertz CT molecular complexity index is 815. The first kappa shape index (κ1) is 12.5. The van der Waals surface area contributed by atoms with Crippen LogP contribution in [0.5, 0.6) is 5.75 Å². The number of aromatic nitrogens is 2. The summed E-state index contributed by atoms with van der Waals surface area (Å²) in [4.78, 5) is 14.6.